The highest BCUT2D eigenvalue weighted by Gasteiger charge is 2.17. The van der Waals surface area contributed by atoms with Crippen LogP contribution in [-0.4, -0.2) is 27.8 Å². The van der Waals surface area contributed by atoms with E-state index in [9.17, 15) is 10.1 Å². The number of amides is 1. The fraction of sp³-hybridized carbons (Fsp3) is 0.0968. The fourth-order valence-electron chi connectivity index (χ4n) is 4.00. The summed E-state index contributed by atoms with van der Waals surface area (Å²) in [5.74, 6) is 0.197. The highest BCUT2D eigenvalue weighted by Crippen LogP contribution is 2.28. The first-order valence-corrected chi connectivity index (χ1v) is 13.1. The molecule has 5 rings (SSSR count). The third-order valence-corrected chi connectivity index (χ3v) is 6.98. The van der Waals surface area contributed by atoms with Gasteiger partial charge >= 0.3 is 0 Å². The smallest absolute Gasteiger partial charge is 0.268 e. The van der Waals surface area contributed by atoms with Crippen LogP contribution in [0.1, 0.15) is 21.6 Å². The zero-order chi connectivity index (χ0) is 27.2. The Morgan fingerprint density at radius 3 is 2.51 bits per heavy atom. The average molecular weight is 532 g/mol. The van der Waals surface area contributed by atoms with Crippen molar-refractivity contribution in [3.8, 4) is 28.8 Å². The first kappa shape index (κ1) is 25.6. The van der Waals surface area contributed by atoms with Gasteiger partial charge in [-0.05, 0) is 55.0 Å². The van der Waals surface area contributed by atoms with E-state index in [2.05, 4.69) is 41.5 Å². The molecule has 0 saturated heterocycles. The van der Waals surface area contributed by atoms with Gasteiger partial charge < -0.3 is 4.74 Å². The number of nitriles is 1. The van der Waals surface area contributed by atoms with Crippen molar-refractivity contribution in [2.45, 2.75) is 13.3 Å². The van der Waals surface area contributed by atoms with E-state index >= 15 is 0 Å². The van der Waals surface area contributed by atoms with E-state index < -0.39 is 5.91 Å². The Balaban J connectivity index is 1.41. The maximum Gasteiger partial charge on any atom is 0.268 e. The molecular weight excluding hydrogens is 506 g/mol. The van der Waals surface area contributed by atoms with E-state index in [1.165, 1.54) is 22.5 Å². The van der Waals surface area contributed by atoms with Crippen LogP contribution in [0.3, 0.4) is 0 Å². The van der Waals surface area contributed by atoms with Crippen LogP contribution in [0.25, 0.3) is 23.0 Å². The topological polar surface area (TPSA) is 92.8 Å². The van der Waals surface area contributed by atoms with Crippen LogP contribution in [0, 0.1) is 18.3 Å². The fourth-order valence-corrected chi connectivity index (χ4v) is 4.84. The van der Waals surface area contributed by atoms with Gasteiger partial charge in [0, 0.05) is 34.8 Å². The number of thiazole rings is 1. The Kier molecular flexibility index (Phi) is 7.62. The molecule has 0 radical (unpaired) electrons. The van der Waals surface area contributed by atoms with Gasteiger partial charge in [-0.25, -0.2) is 9.67 Å². The number of hydrogen-bond donors (Lipinski definition) is 1. The summed E-state index contributed by atoms with van der Waals surface area (Å²) in [6, 6.07) is 27.5. The van der Waals surface area contributed by atoms with E-state index in [1.807, 2.05) is 66.9 Å². The molecule has 8 heteroatoms. The van der Waals surface area contributed by atoms with Crippen LogP contribution >= 0.6 is 11.3 Å². The van der Waals surface area contributed by atoms with E-state index in [1.54, 1.807) is 24.1 Å². The number of carbonyl (C=O) groups excluding carboxylic acids is 1. The molecule has 0 aliphatic carbocycles. The second kappa shape index (κ2) is 11.6. The van der Waals surface area contributed by atoms with Gasteiger partial charge in [-0.1, -0.05) is 48.0 Å². The third kappa shape index (κ3) is 6.12. The summed E-state index contributed by atoms with van der Waals surface area (Å²) in [5.41, 5.74) is 5.28. The van der Waals surface area contributed by atoms with Crippen LogP contribution in [0.2, 0.25) is 0 Å². The summed E-state index contributed by atoms with van der Waals surface area (Å²) in [6.07, 6.45) is 5.84. The molecule has 39 heavy (non-hydrogen) atoms. The van der Waals surface area contributed by atoms with E-state index in [0.29, 0.717) is 16.4 Å². The Bertz CT molecular complexity index is 1660. The van der Waals surface area contributed by atoms with Crippen molar-refractivity contribution in [3.05, 3.63) is 118 Å². The van der Waals surface area contributed by atoms with E-state index in [4.69, 9.17) is 9.84 Å². The number of hydrogen-bond acceptors (Lipinski definition) is 6. The summed E-state index contributed by atoms with van der Waals surface area (Å²) in [4.78, 5) is 18.4. The van der Waals surface area contributed by atoms with Crippen LogP contribution in [0.4, 0.5) is 5.13 Å². The highest BCUT2D eigenvalue weighted by molar-refractivity contribution is 7.15. The van der Waals surface area contributed by atoms with E-state index in [0.717, 1.165) is 28.3 Å². The van der Waals surface area contributed by atoms with Crippen LogP contribution in [-0.2, 0) is 11.2 Å². The molecule has 0 spiro atoms. The quantitative estimate of drug-likeness (QED) is 0.183. The normalized spacial score (nSPS) is 11.2. The van der Waals surface area contributed by atoms with Crippen LogP contribution in [0.5, 0.6) is 5.75 Å². The zero-order valence-electron chi connectivity index (χ0n) is 21.5. The molecule has 7 nitrogen and oxygen atoms in total. The Morgan fingerprint density at radius 2 is 1.82 bits per heavy atom. The number of para-hydroxylation sites is 1. The van der Waals surface area contributed by atoms with Gasteiger partial charge in [-0.2, -0.15) is 10.4 Å². The Hall–Kier alpha value is -5.00. The summed E-state index contributed by atoms with van der Waals surface area (Å²) < 4.78 is 7.01. The highest BCUT2D eigenvalue weighted by atomic mass is 32.1. The van der Waals surface area contributed by atoms with E-state index in [-0.39, 0.29) is 5.57 Å². The molecule has 0 aliphatic rings. The number of nitrogens with one attached hydrogen (secondary N) is 1. The predicted molar refractivity (Wildman–Crippen MR) is 154 cm³/mol. The summed E-state index contributed by atoms with van der Waals surface area (Å²) >= 11 is 1.39. The third-order valence-electron chi connectivity index (χ3n) is 6.06. The minimum Gasteiger partial charge on any atom is -0.497 e. The molecule has 0 saturated carbocycles. The van der Waals surface area contributed by atoms with Crippen molar-refractivity contribution in [1.29, 1.82) is 5.26 Å². The molecule has 0 fully saturated rings. The van der Waals surface area contributed by atoms with Gasteiger partial charge in [-0.15, -0.1) is 11.3 Å². The second-order valence-electron chi connectivity index (χ2n) is 8.86. The summed E-state index contributed by atoms with van der Waals surface area (Å²) in [6.45, 7) is 2.05. The van der Waals surface area contributed by atoms with Gasteiger partial charge in [0.1, 0.15) is 17.4 Å². The molecule has 0 aliphatic heterocycles. The molecule has 2 aromatic heterocycles. The van der Waals surface area contributed by atoms with Crippen molar-refractivity contribution in [2.75, 3.05) is 12.4 Å². The SMILES string of the molecule is COc1ccc(-c2nn(-c3ccccc3)cc2/C=C(\C#N)C(=O)Nc2ncc(Cc3ccc(C)cc3)s2)cc1. The van der Waals surface area contributed by atoms with Gasteiger partial charge in [-0.3, -0.25) is 10.1 Å². The van der Waals surface area contributed by atoms with Gasteiger partial charge in [0.2, 0.25) is 0 Å². The van der Waals surface area contributed by atoms with Gasteiger partial charge in [0.25, 0.3) is 5.91 Å². The molecule has 2 heterocycles. The first-order chi connectivity index (χ1) is 19.0. The van der Waals surface area contributed by atoms with Crippen molar-refractivity contribution in [2.24, 2.45) is 0 Å². The molecule has 0 unspecified atom stereocenters. The first-order valence-electron chi connectivity index (χ1n) is 12.3. The van der Waals surface area contributed by atoms with Gasteiger partial charge in [0.15, 0.2) is 5.13 Å². The summed E-state index contributed by atoms with van der Waals surface area (Å²) in [5, 5.41) is 17.9. The molecule has 1 N–H and O–H groups in total. The lowest BCUT2D eigenvalue weighted by atomic mass is 10.1. The molecule has 0 atom stereocenters. The maximum atomic E-state index is 13.1. The number of ether oxygens (including phenoxy) is 1. The van der Waals surface area contributed by atoms with Gasteiger partial charge in [0.05, 0.1) is 18.5 Å². The lowest BCUT2D eigenvalue weighted by Crippen LogP contribution is -2.13. The second-order valence-corrected chi connectivity index (χ2v) is 9.97. The largest absolute Gasteiger partial charge is 0.497 e. The molecule has 5 aromatic rings. The lowest BCUT2D eigenvalue weighted by Gasteiger charge is -2.03. The number of methoxy groups -OCH3 is 1. The molecule has 1 amide bonds. The molecule has 0 bridgehead atoms. The van der Waals surface area contributed by atoms with Crippen LogP contribution in [0.15, 0.2) is 96.8 Å². The van der Waals surface area contributed by atoms with Crippen LogP contribution < -0.4 is 10.1 Å². The number of aryl methyl sites for hydroxylation is 1. The minimum absolute atomic E-state index is 0.0485. The minimum atomic E-state index is -0.526. The lowest BCUT2D eigenvalue weighted by molar-refractivity contribution is -0.112. The standard InChI is InChI=1S/C31H25N5O2S/c1-21-8-10-22(11-9-21)16-28-19-33-31(39-28)34-30(37)24(18-32)17-25-20-36(26-6-4-3-5-7-26)35-29(25)23-12-14-27(38-2)15-13-23/h3-15,17,19-20H,16H2,1-2H3,(H,33,34,37)/b24-17+. The number of benzene rings is 3. The summed E-state index contributed by atoms with van der Waals surface area (Å²) in [7, 11) is 1.61. The molecular formula is C31H25N5O2S. The monoisotopic (exact) mass is 531 g/mol. The average Bonchev–Trinajstić information content (AvgIpc) is 3.60. The zero-order valence-corrected chi connectivity index (χ0v) is 22.3. The number of rotatable bonds is 8. The number of nitrogens with zero attached hydrogens (tertiary/aromatic N) is 4. The number of anilines is 1. The van der Waals surface area contributed by atoms with Crippen molar-refractivity contribution < 1.29 is 9.53 Å². The van der Waals surface area contributed by atoms with Crippen molar-refractivity contribution in [3.63, 3.8) is 0 Å². The predicted octanol–water partition coefficient (Wildman–Crippen LogP) is 6.45. The Morgan fingerprint density at radius 1 is 1.08 bits per heavy atom. The molecule has 192 valence electrons. The number of aromatic nitrogens is 3. The Labute approximate surface area is 230 Å². The maximum absolute atomic E-state index is 13.1. The van der Waals surface area contributed by atoms with Crippen molar-refractivity contribution in [1.82, 2.24) is 14.8 Å². The number of carbonyl (C=O) groups is 1. The molecule has 3 aromatic carbocycles. The van der Waals surface area contributed by atoms with Crippen molar-refractivity contribution >= 4 is 28.5 Å².